The molecule has 1 aromatic rings. The maximum atomic E-state index is 10.5. The Bertz CT molecular complexity index is 271. The van der Waals surface area contributed by atoms with Crippen molar-refractivity contribution < 1.29 is 4.79 Å². The lowest BCUT2D eigenvalue weighted by Gasteiger charge is -2.05. The highest BCUT2D eigenvalue weighted by molar-refractivity contribution is 14.1. The van der Waals surface area contributed by atoms with E-state index in [0.717, 1.165) is 5.69 Å². The van der Waals surface area contributed by atoms with Crippen LogP contribution in [0.25, 0.3) is 0 Å². The molecule has 0 aliphatic carbocycles. The Morgan fingerprint density at radius 3 is 2.42 bits per heavy atom. The second-order valence-electron chi connectivity index (χ2n) is 2.31. The van der Waals surface area contributed by atoms with Crippen molar-refractivity contribution in [1.82, 2.24) is 5.43 Å². The summed E-state index contributed by atoms with van der Waals surface area (Å²) in [7, 11) is 0. The van der Waals surface area contributed by atoms with Gasteiger partial charge in [0.25, 0.3) is 0 Å². The van der Waals surface area contributed by atoms with Crippen molar-refractivity contribution >= 4 is 34.2 Å². The third-order valence-corrected chi connectivity index (χ3v) is 1.95. The number of carbonyl (C=O) groups is 1. The molecular weight excluding hydrogens is 267 g/mol. The molecule has 1 rings (SSSR count). The second-order valence-corrected chi connectivity index (χ2v) is 3.56. The van der Waals surface area contributed by atoms with E-state index in [-0.39, 0.29) is 5.91 Å². The van der Waals surface area contributed by atoms with E-state index < -0.39 is 0 Å². The van der Waals surface area contributed by atoms with Crippen molar-refractivity contribution in [1.29, 1.82) is 0 Å². The largest absolute Gasteiger partial charge is 0.299 e. The van der Waals surface area contributed by atoms with Crippen LogP contribution in [0, 0.1) is 3.57 Å². The number of nitrogens with one attached hydrogen (secondary N) is 2. The van der Waals surface area contributed by atoms with Gasteiger partial charge in [-0.05, 0) is 46.9 Å². The SMILES string of the molecule is CC(=O)NNc1ccc(I)cc1. The minimum atomic E-state index is -0.103. The van der Waals surface area contributed by atoms with E-state index in [1.807, 2.05) is 24.3 Å². The van der Waals surface area contributed by atoms with Crippen molar-refractivity contribution in [2.45, 2.75) is 6.92 Å². The van der Waals surface area contributed by atoms with Gasteiger partial charge in [0.2, 0.25) is 5.91 Å². The van der Waals surface area contributed by atoms with Gasteiger partial charge in [0.1, 0.15) is 0 Å². The molecule has 12 heavy (non-hydrogen) atoms. The van der Waals surface area contributed by atoms with Crippen LogP contribution in [0.15, 0.2) is 24.3 Å². The molecule has 0 heterocycles. The van der Waals surface area contributed by atoms with Crippen molar-refractivity contribution in [3.8, 4) is 0 Å². The lowest BCUT2D eigenvalue weighted by molar-refractivity contribution is -0.118. The molecule has 2 N–H and O–H groups in total. The van der Waals surface area contributed by atoms with Crippen LogP contribution >= 0.6 is 22.6 Å². The molecule has 0 saturated heterocycles. The van der Waals surface area contributed by atoms with Crippen LogP contribution < -0.4 is 10.9 Å². The second kappa shape index (κ2) is 4.30. The highest BCUT2D eigenvalue weighted by Crippen LogP contribution is 2.09. The number of carbonyl (C=O) groups excluding carboxylic acids is 1. The van der Waals surface area contributed by atoms with Crippen LogP contribution in [0.5, 0.6) is 0 Å². The third-order valence-electron chi connectivity index (χ3n) is 1.23. The molecule has 0 aliphatic heterocycles. The van der Waals surface area contributed by atoms with Gasteiger partial charge >= 0.3 is 0 Å². The number of hydrazine groups is 1. The number of benzene rings is 1. The molecule has 1 aromatic carbocycles. The van der Waals surface area contributed by atoms with E-state index in [1.165, 1.54) is 10.5 Å². The molecule has 0 bridgehead atoms. The molecule has 0 radical (unpaired) electrons. The molecule has 1 amide bonds. The first kappa shape index (κ1) is 9.31. The van der Waals surface area contributed by atoms with Crippen LogP contribution in [0.3, 0.4) is 0 Å². The van der Waals surface area contributed by atoms with Gasteiger partial charge in [-0.3, -0.25) is 15.6 Å². The maximum absolute atomic E-state index is 10.5. The fourth-order valence-electron chi connectivity index (χ4n) is 0.693. The lowest BCUT2D eigenvalue weighted by atomic mass is 10.3. The molecule has 3 nitrogen and oxygen atoms in total. The van der Waals surface area contributed by atoms with E-state index >= 15 is 0 Å². The summed E-state index contributed by atoms with van der Waals surface area (Å²) in [4.78, 5) is 10.5. The van der Waals surface area contributed by atoms with Gasteiger partial charge in [-0.25, -0.2) is 0 Å². The summed E-state index contributed by atoms with van der Waals surface area (Å²) in [5.74, 6) is -0.103. The molecule has 0 spiro atoms. The van der Waals surface area contributed by atoms with Crippen molar-refractivity contribution in [2.75, 3.05) is 5.43 Å². The molecule has 0 unspecified atom stereocenters. The predicted molar refractivity (Wildman–Crippen MR) is 56.6 cm³/mol. The van der Waals surface area contributed by atoms with E-state index in [9.17, 15) is 4.79 Å². The number of hydrogen-bond acceptors (Lipinski definition) is 2. The van der Waals surface area contributed by atoms with Crippen LogP contribution in [0.2, 0.25) is 0 Å². The molecular formula is C8H9IN2O. The first-order chi connectivity index (χ1) is 5.68. The summed E-state index contributed by atoms with van der Waals surface area (Å²) < 4.78 is 1.17. The Morgan fingerprint density at radius 1 is 1.33 bits per heavy atom. The average Bonchev–Trinajstić information content (AvgIpc) is 2.03. The first-order valence-electron chi connectivity index (χ1n) is 3.46. The van der Waals surface area contributed by atoms with Gasteiger partial charge in [-0.1, -0.05) is 0 Å². The normalized spacial score (nSPS) is 9.17. The monoisotopic (exact) mass is 276 g/mol. The molecule has 0 saturated carbocycles. The van der Waals surface area contributed by atoms with Gasteiger partial charge in [0, 0.05) is 10.5 Å². The lowest BCUT2D eigenvalue weighted by Crippen LogP contribution is -2.26. The minimum Gasteiger partial charge on any atom is -0.299 e. The Hall–Kier alpha value is -0.780. The zero-order valence-electron chi connectivity index (χ0n) is 6.60. The van der Waals surface area contributed by atoms with Crippen molar-refractivity contribution in [3.63, 3.8) is 0 Å². The number of rotatable bonds is 2. The molecule has 0 aromatic heterocycles. The summed E-state index contributed by atoms with van der Waals surface area (Å²) in [5.41, 5.74) is 6.14. The molecule has 0 fully saturated rings. The predicted octanol–water partition coefficient (Wildman–Crippen LogP) is 1.75. The first-order valence-corrected chi connectivity index (χ1v) is 4.54. The Balaban J connectivity index is 2.53. The topological polar surface area (TPSA) is 41.1 Å². The summed E-state index contributed by atoms with van der Waals surface area (Å²) in [6.07, 6.45) is 0. The van der Waals surface area contributed by atoms with Crippen LogP contribution in [-0.2, 0) is 4.79 Å². The Kier molecular flexibility index (Phi) is 3.33. The molecule has 0 atom stereocenters. The number of amides is 1. The van der Waals surface area contributed by atoms with E-state index in [1.54, 1.807) is 0 Å². The summed E-state index contributed by atoms with van der Waals surface area (Å²) in [5, 5.41) is 0. The highest BCUT2D eigenvalue weighted by atomic mass is 127. The minimum absolute atomic E-state index is 0.103. The molecule has 4 heteroatoms. The van der Waals surface area contributed by atoms with Crippen LogP contribution in [-0.4, -0.2) is 5.91 Å². The molecule has 64 valence electrons. The summed E-state index contributed by atoms with van der Waals surface area (Å²) in [6, 6.07) is 7.73. The quantitative estimate of drug-likeness (QED) is 0.638. The zero-order valence-corrected chi connectivity index (χ0v) is 8.75. The number of hydrogen-bond donors (Lipinski definition) is 2. The Labute approximate surface area is 84.7 Å². The summed E-state index contributed by atoms with van der Waals surface area (Å²) in [6.45, 7) is 1.46. The van der Waals surface area contributed by atoms with Crippen molar-refractivity contribution in [2.24, 2.45) is 0 Å². The number of halogens is 1. The van der Waals surface area contributed by atoms with Gasteiger partial charge in [-0.2, -0.15) is 0 Å². The van der Waals surface area contributed by atoms with Crippen LogP contribution in [0.1, 0.15) is 6.92 Å². The summed E-state index contributed by atoms with van der Waals surface area (Å²) >= 11 is 2.22. The van der Waals surface area contributed by atoms with E-state index in [0.29, 0.717) is 0 Å². The van der Waals surface area contributed by atoms with Gasteiger partial charge in [-0.15, -0.1) is 0 Å². The standard InChI is InChI=1S/C8H9IN2O/c1-6(12)10-11-8-4-2-7(9)3-5-8/h2-5,11H,1H3,(H,10,12). The van der Waals surface area contributed by atoms with Crippen LogP contribution in [0.4, 0.5) is 5.69 Å². The van der Waals surface area contributed by atoms with Gasteiger partial charge in [0.15, 0.2) is 0 Å². The number of anilines is 1. The van der Waals surface area contributed by atoms with Gasteiger partial charge in [0.05, 0.1) is 5.69 Å². The smallest absolute Gasteiger partial charge is 0.235 e. The third kappa shape index (κ3) is 3.08. The zero-order chi connectivity index (χ0) is 8.97. The average molecular weight is 276 g/mol. The fraction of sp³-hybridized carbons (Fsp3) is 0.125. The Morgan fingerprint density at radius 2 is 1.92 bits per heavy atom. The van der Waals surface area contributed by atoms with Crippen molar-refractivity contribution in [3.05, 3.63) is 27.8 Å². The fourth-order valence-corrected chi connectivity index (χ4v) is 1.05. The highest BCUT2D eigenvalue weighted by Gasteiger charge is 1.91. The van der Waals surface area contributed by atoms with E-state index in [2.05, 4.69) is 33.4 Å². The molecule has 0 aliphatic rings. The van der Waals surface area contributed by atoms with Gasteiger partial charge < -0.3 is 0 Å². The van der Waals surface area contributed by atoms with E-state index in [4.69, 9.17) is 0 Å². The maximum Gasteiger partial charge on any atom is 0.235 e.